The Kier molecular flexibility index (Phi) is 6.86. The van der Waals surface area contributed by atoms with E-state index in [2.05, 4.69) is 28.8 Å². The molecule has 1 heterocycles. The molecule has 0 saturated heterocycles. The van der Waals surface area contributed by atoms with Crippen LogP contribution < -0.4 is 14.8 Å². The van der Waals surface area contributed by atoms with Crippen molar-refractivity contribution in [3.8, 4) is 5.75 Å². The third-order valence-corrected chi connectivity index (χ3v) is 6.40. The lowest BCUT2D eigenvalue weighted by Crippen LogP contribution is -2.28. The Hall–Kier alpha value is -2.75. The first-order valence-corrected chi connectivity index (χ1v) is 11.3. The maximum absolute atomic E-state index is 12.7. The summed E-state index contributed by atoms with van der Waals surface area (Å²) in [7, 11) is -3.88. The highest BCUT2D eigenvalue weighted by atomic mass is 32.2. The monoisotopic (exact) mass is 431 g/mol. The van der Waals surface area contributed by atoms with Gasteiger partial charge in [-0.25, -0.2) is 13.1 Å². The van der Waals surface area contributed by atoms with Crippen molar-refractivity contribution >= 4 is 21.8 Å². The molecule has 0 radical (unpaired) electrons. The number of hydrogen-bond donors (Lipinski definition) is 2. The fraction of sp³-hybridized carbons (Fsp3) is 0.333. The van der Waals surface area contributed by atoms with Gasteiger partial charge in [-0.05, 0) is 37.4 Å². The Balaban J connectivity index is 1.69. The molecular formula is C21H25N3O5S. The molecule has 0 aliphatic carbocycles. The molecule has 1 aliphatic rings. The Bertz CT molecular complexity index is 1050. The van der Waals surface area contributed by atoms with Gasteiger partial charge in [0.15, 0.2) is 0 Å². The normalized spacial score (nSPS) is 13.4. The zero-order chi connectivity index (χ0) is 21.7. The zero-order valence-electron chi connectivity index (χ0n) is 17.0. The Morgan fingerprint density at radius 3 is 2.43 bits per heavy atom. The van der Waals surface area contributed by atoms with Crippen molar-refractivity contribution in [1.82, 2.24) is 14.9 Å². The number of hydrogen-bond acceptors (Lipinski definition) is 6. The van der Waals surface area contributed by atoms with Crippen LogP contribution in [-0.2, 0) is 16.6 Å². The number of nitrogens with zero attached hydrogens (tertiary/aromatic N) is 1. The van der Waals surface area contributed by atoms with Crippen LogP contribution in [0.2, 0.25) is 0 Å². The van der Waals surface area contributed by atoms with E-state index >= 15 is 0 Å². The maximum atomic E-state index is 12.7. The predicted molar refractivity (Wildman–Crippen MR) is 112 cm³/mol. The third kappa shape index (κ3) is 4.86. The van der Waals surface area contributed by atoms with Crippen molar-refractivity contribution in [2.45, 2.75) is 25.3 Å². The Morgan fingerprint density at radius 1 is 1.00 bits per heavy atom. The summed E-state index contributed by atoms with van der Waals surface area (Å²) in [6.45, 7) is 7.36. The summed E-state index contributed by atoms with van der Waals surface area (Å²) in [6.07, 6.45) is 0. The minimum absolute atomic E-state index is 0.0337. The first-order chi connectivity index (χ1) is 14.4. The highest BCUT2D eigenvalue weighted by Crippen LogP contribution is 2.22. The third-order valence-electron chi connectivity index (χ3n) is 5.00. The van der Waals surface area contributed by atoms with E-state index in [1.54, 1.807) is 12.1 Å². The largest absolute Gasteiger partial charge is 0.492 e. The van der Waals surface area contributed by atoms with Crippen molar-refractivity contribution in [3.05, 3.63) is 59.2 Å². The first-order valence-electron chi connectivity index (χ1n) is 9.78. The van der Waals surface area contributed by atoms with Crippen LogP contribution in [0.1, 0.15) is 40.1 Å². The lowest BCUT2D eigenvalue weighted by molar-refractivity contribution is 0.0879. The molecule has 2 amide bonds. The van der Waals surface area contributed by atoms with E-state index in [4.69, 9.17) is 4.74 Å². The minimum Gasteiger partial charge on any atom is -0.492 e. The van der Waals surface area contributed by atoms with Crippen LogP contribution in [0.15, 0.2) is 47.4 Å². The van der Waals surface area contributed by atoms with Gasteiger partial charge in [-0.15, -0.1) is 0 Å². The fourth-order valence-corrected chi connectivity index (χ4v) is 4.22. The molecule has 0 unspecified atom stereocenters. The number of fused-ring (bicyclic) bond motifs is 1. The van der Waals surface area contributed by atoms with Gasteiger partial charge in [0.05, 0.1) is 16.0 Å². The summed E-state index contributed by atoms with van der Waals surface area (Å²) >= 11 is 0. The number of carbonyl (C=O) groups is 2. The van der Waals surface area contributed by atoms with E-state index in [9.17, 15) is 18.0 Å². The molecule has 160 valence electrons. The first kappa shape index (κ1) is 21.9. The average Bonchev–Trinajstić information content (AvgIpc) is 3.03. The smallest absolute Gasteiger partial charge is 0.258 e. The number of nitrogens with one attached hydrogen (secondary N) is 2. The number of amides is 2. The van der Waals surface area contributed by atoms with Gasteiger partial charge >= 0.3 is 0 Å². The van der Waals surface area contributed by atoms with Gasteiger partial charge in [-0.3, -0.25) is 14.9 Å². The molecule has 0 fully saturated rings. The molecule has 0 spiro atoms. The van der Waals surface area contributed by atoms with E-state index in [1.807, 2.05) is 12.1 Å². The number of benzene rings is 2. The van der Waals surface area contributed by atoms with Crippen molar-refractivity contribution in [3.63, 3.8) is 0 Å². The molecule has 3 rings (SSSR count). The molecule has 0 aromatic heterocycles. The van der Waals surface area contributed by atoms with Crippen LogP contribution in [0.3, 0.4) is 0 Å². The quantitative estimate of drug-likeness (QED) is 0.556. The summed E-state index contributed by atoms with van der Waals surface area (Å²) in [5.41, 5.74) is 0.934. The number of ether oxygens (including phenoxy) is 1. The van der Waals surface area contributed by atoms with Crippen LogP contribution in [-0.4, -0.2) is 51.4 Å². The van der Waals surface area contributed by atoms with Crippen LogP contribution in [0, 0.1) is 0 Å². The van der Waals surface area contributed by atoms with E-state index in [-0.39, 0.29) is 22.6 Å². The van der Waals surface area contributed by atoms with Gasteiger partial charge in [0.2, 0.25) is 10.0 Å². The molecule has 9 heteroatoms. The van der Waals surface area contributed by atoms with Crippen molar-refractivity contribution in [2.75, 3.05) is 26.2 Å². The average molecular weight is 432 g/mol. The van der Waals surface area contributed by atoms with E-state index in [0.29, 0.717) is 17.9 Å². The molecule has 2 N–H and O–H groups in total. The maximum Gasteiger partial charge on any atom is 0.258 e. The van der Waals surface area contributed by atoms with Crippen LogP contribution in [0.25, 0.3) is 0 Å². The second-order valence-corrected chi connectivity index (χ2v) is 8.57. The van der Waals surface area contributed by atoms with Crippen molar-refractivity contribution in [2.24, 2.45) is 0 Å². The number of likely N-dealkylation sites (N-methyl/N-ethyl adjacent to an activating group) is 1. The van der Waals surface area contributed by atoms with Gasteiger partial charge in [-0.2, -0.15) is 0 Å². The molecule has 0 saturated carbocycles. The van der Waals surface area contributed by atoms with Crippen LogP contribution >= 0.6 is 0 Å². The summed E-state index contributed by atoms with van der Waals surface area (Å²) in [6, 6.07) is 11.1. The van der Waals surface area contributed by atoms with Crippen molar-refractivity contribution in [1.29, 1.82) is 0 Å². The summed E-state index contributed by atoms with van der Waals surface area (Å²) < 4.78 is 33.8. The number of rotatable bonds is 10. The Labute approximate surface area is 176 Å². The van der Waals surface area contributed by atoms with Crippen LogP contribution in [0.5, 0.6) is 5.75 Å². The second-order valence-electron chi connectivity index (χ2n) is 6.80. The van der Waals surface area contributed by atoms with Crippen molar-refractivity contribution < 1.29 is 22.7 Å². The summed E-state index contributed by atoms with van der Waals surface area (Å²) in [5, 5.41) is 2.15. The van der Waals surface area contributed by atoms with Crippen LogP contribution in [0.4, 0.5) is 0 Å². The topological polar surface area (TPSA) is 105 Å². The molecule has 2 aromatic rings. The highest BCUT2D eigenvalue weighted by Gasteiger charge is 2.28. The minimum atomic E-state index is -3.88. The van der Waals surface area contributed by atoms with E-state index in [0.717, 1.165) is 19.6 Å². The molecular weight excluding hydrogens is 406 g/mol. The van der Waals surface area contributed by atoms with Gasteiger partial charge < -0.3 is 9.64 Å². The van der Waals surface area contributed by atoms with Gasteiger partial charge in [0.25, 0.3) is 11.8 Å². The standard InChI is InChI=1S/C21H25N3O5S/c1-3-24(4-2)11-12-29-19-8-6-5-7-15(19)14-22-30(27,28)16-9-10-17-18(13-16)21(26)23-20(17)25/h5-10,13,22H,3-4,11-12,14H2,1-2H3,(H,23,25,26). The van der Waals surface area contributed by atoms with E-state index in [1.165, 1.54) is 18.2 Å². The molecule has 0 atom stereocenters. The zero-order valence-corrected chi connectivity index (χ0v) is 17.8. The molecule has 2 aromatic carbocycles. The molecule has 8 nitrogen and oxygen atoms in total. The second kappa shape index (κ2) is 9.38. The number of imide groups is 1. The summed E-state index contributed by atoms with van der Waals surface area (Å²) in [4.78, 5) is 25.6. The predicted octanol–water partition coefficient (Wildman–Crippen LogP) is 1.77. The SMILES string of the molecule is CCN(CC)CCOc1ccccc1CNS(=O)(=O)c1ccc2c(c1)C(=O)NC2=O. The lowest BCUT2D eigenvalue weighted by atomic mass is 10.1. The lowest BCUT2D eigenvalue weighted by Gasteiger charge is -2.19. The number of sulfonamides is 1. The summed E-state index contributed by atoms with van der Waals surface area (Å²) in [5.74, 6) is -0.507. The fourth-order valence-electron chi connectivity index (χ4n) is 3.19. The molecule has 30 heavy (non-hydrogen) atoms. The molecule has 1 aliphatic heterocycles. The van der Waals surface area contributed by atoms with E-state index < -0.39 is 21.8 Å². The molecule has 0 bridgehead atoms. The van der Waals surface area contributed by atoms with Gasteiger partial charge in [-0.1, -0.05) is 32.0 Å². The number of para-hydroxylation sites is 1. The Morgan fingerprint density at radius 2 is 1.70 bits per heavy atom. The number of carbonyl (C=O) groups excluding carboxylic acids is 2. The van der Waals surface area contributed by atoms with Gasteiger partial charge in [0.1, 0.15) is 12.4 Å². The highest BCUT2D eigenvalue weighted by molar-refractivity contribution is 7.89. The van der Waals surface area contributed by atoms with Gasteiger partial charge in [0, 0.05) is 18.7 Å².